The van der Waals surface area contributed by atoms with Gasteiger partial charge in [-0.1, -0.05) is 43.6 Å². The van der Waals surface area contributed by atoms with Crippen molar-refractivity contribution in [2.75, 3.05) is 24.3 Å². The van der Waals surface area contributed by atoms with Crippen molar-refractivity contribution in [1.29, 1.82) is 0 Å². The van der Waals surface area contributed by atoms with Gasteiger partial charge >= 0.3 is 5.97 Å². The number of hydrogen-bond donors (Lipinski definition) is 2. The second-order valence-electron chi connectivity index (χ2n) is 5.75. The number of carbonyl (C=O) groups is 2. The molecule has 0 atom stereocenters. The summed E-state index contributed by atoms with van der Waals surface area (Å²) in [5.41, 5.74) is 3.94. The molecule has 2 aromatic rings. The summed E-state index contributed by atoms with van der Waals surface area (Å²) in [5, 5.41) is 6.38. The summed E-state index contributed by atoms with van der Waals surface area (Å²) in [6.45, 7) is 4.15. The molecule has 0 unspecified atom stereocenters. The lowest BCUT2D eigenvalue weighted by Crippen LogP contribution is -2.23. The highest BCUT2D eigenvalue weighted by Gasteiger charge is 2.12. The van der Waals surface area contributed by atoms with Gasteiger partial charge in [-0.15, -0.1) is 0 Å². The number of para-hydroxylation sites is 1. The summed E-state index contributed by atoms with van der Waals surface area (Å²) < 4.78 is 4.70. The van der Waals surface area contributed by atoms with E-state index in [1.165, 1.54) is 7.11 Å². The van der Waals surface area contributed by atoms with Gasteiger partial charge in [0.1, 0.15) is 0 Å². The minimum absolute atomic E-state index is 0.0333. The highest BCUT2D eigenvalue weighted by Crippen LogP contribution is 2.24. The van der Waals surface area contributed by atoms with E-state index in [0.717, 1.165) is 29.7 Å². The van der Waals surface area contributed by atoms with Gasteiger partial charge in [0.05, 0.1) is 29.9 Å². The number of benzene rings is 2. The fourth-order valence-corrected chi connectivity index (χ4v) is 2.85. The molecular weight excluding hydrogens is 352 g/mol. The van der Waals surface area contributed by atoms with E-state index in [1.807, 2.05) is 18.2 Å². The number of amides is 1. The fourth-order valence-electron chi connectivity index (χ4n) is 2.67. The zero-order valence-corrected chi connectivity index (χ0v) is 15.9. The molecule has 0 fully saturated rings. The smallest absolute Gasteiger partial charge is 0.337 e. The molecule has 2 aromatic carbocycles. The predicted octanol–water partition coefficient (Wildman–Crippen LogP) is 4.30. The zero-order chi connectivity index (χ0) is 19.1. The van der Waals surface area contributed by atoms with Crippen LogP contribution in [0, 0.1) is 0 Å². The van der Waals surface area contributed by atoms with Crippen LogP contribution in [0.5, 0.6) is 0 Å². The van der Waals surface area contributed by atoms with Crippen LogP contribution in [-0.2, 0) is 22.4 Å². The van der Waals surface area contributed by atoms with Crippen molar-refractivity contribution in [2.24, 2.45) is 0 Å². The van der Waals surface area contributed by atoms with Gasteiger partial charge in [-0.25, -0.2) is 4.79 Å². The maximum atomic E-state index is 12.4. The molecule has 0 saturated heterocycles. The molecule has 0 aliphatic carbocycles. The Kier molecular flexibility index (Phi) is 7.04. The van der Waals surface area contributed by atoms with E-state index in [-0.39, 0.29) is 12.5 Å². The van der Waals surface area contributed by atoms with Crippen molar-refractivity contribution in [1.82, 2.24) is 0 Å². The van der Waals surface area contributed by atoms with Crippen LogP contribution in [0.2, 0.25) is 5.02 Å². The molecule has 0 aromatic heterocycles. The van der Waals surface area contributed by atoms with Gasteiger partial charge in [-0.3, -0.25) is 4.79 Å². The quantitative estimate of drug-likeness (QED) is 0.709. The number of halogens is 1. The van der Waals surface area contributed by atoms with Gasteiger partial charge < -0.3 is 15.4 Å². The minimum atomic E-state index is -0.460. The van der Waals surface area contributed by atoms with Crippen LogP contribution >= 0.6 is 11.6 Å². The van der Waals surface area contributed by atoms with E-state index in [2.05, 4.69) is 24.5 Å². The Balaban J connectivity index is 2.10. The van der Waals surface area contributed by atoms with Crippen LogP contribution < -0.4 is 10.6 Å². The molecule has 0 bridgehead atoms. The second kappa shape index (κ2) is 9.25. The van der Waals surface area contributed by atoms with Crippen LogP contribution in [0.15, 0.2) is 36.4 Å². The van der Waals surface area contributed by atoms with E-state index >= 15 is 0 Å². The lowest BCUT2D eigenvalue weighted by atomic mass is 10.0. The van der Waals surface area contributed by atoms with Crippen LogP contribution in [0.1, 0.15) is 35.3 Å². The molecule has 138 valence electrons. The number of esters is 1. The van der Waals surface area contributed by atoms with Gasteiger partial charge in [0.2, 0.25) is 5.91 Å². The molecule has 1 amide bonds. The number of nitrogens with one attached hydrogen (secondary N) is 2. The Morgan fingerprint density at radius 2 is 1.73 bits per heavy atom. The summed E-state index contributed by atoms with van der Waals surface area (Å²) >= 11 is 6.14. The molecule has 0 radical (unpaired) electrons. The van der Waals surface area contributed by atoms with Crippen molar-refractivity contribution in [3.05, 3.63) is 58.1 Å². The van der Waals surface area contributed by atoms with Gasteiger partial charge in [-0.2, -0.15) is 0 Å². The molecule has 2 rings (SSSR count). The van der Waals surface area contributed by atoms with Crippen molar-refractivity contribution >= 4 is 34.9 Å². The second-order valence-corrected chi connectivity index (χ2v) is 6.15. The van der Waals surface area contributed by atoms with Gasteiger partial charge in [0.25, 0.3) is 0 Å². The zero-order valence-electron chi connectivity index (χ0n) is 15.2. The first-order valence-corrected chi connectivity index (χ1v) is 8.90. The van der Waals surface area contributed by atoms with Crippen molar-refractivity contribution in [3.63, 3.8) is 0 Å². The van der Waals surface area contributed by atoms with Gasteiger partial charge in [0.15, 0.2) is 0 Å². The van der Waals surface area contributed by atoms with E-state index < -0.39 is 5.97 Å². The predicted molar refractivity (Wildman–Crippen MR) is 105 cm³/mol. The number of hydrogen-bond acceptors (Lipinski definition) is 4. The Morgan fingerprint density at radius 3 is 2.31 bits per heavy atom. The normalized spacial score (nSPS) is 10.3. The summed E-state index contributed by atoms with van der Waals surface area (Å²) in [4.78, 5) is 24.0. The van der Waals surface area contributed by atoms with Crippen molar-refractivity contribution in [3.8, 4) is 0 Å². The van der Waals surface area contributed by atoms with E-state index in [1.54, 1.807) is 18.2 Å². The molecule has 6 heteroatoms. The standard InChI is InChI=1S/C20H23ClN2O3/c1-4-13-7-6-8-14(5-2)19(13)23-18(24)12-22-17-11-15(20(25)26-3)9-10-16(17)21/h6-11,22H,4-5,12H2,1-3H3,(H,23,24). The monoisotopic (exact) mass is 374 g/mol. The SMILES string of the molecule is CCc1cccc(CC)c1NC(=O)CNc1cc(C(=O)OC)ccc1Cl. The Hall–Kier alpha value is -2.53. The number of anilines is 2. The highest BCUT2D eigenvalue weighted by molar-refractivity contribution is 6.33. The molecule has 0 aliphatic heterocycles. The summed E-state index contributed by atoms with van der Waals surface area (Å²) in [6.07, 6.45) is 1.67. The van der Waals surface area contributed by atoms with Crippen LogP contribution in [-0.4, -0.2) is 25.5 Å². The number of rotatable bonds is 7. The molecule has 2 N–H and O–H groups in total. The average molecular weight is 375 g/mol. The molecule has 26 heavy (non-hydrogen) atoms. The minimum Gasteiger partial charge on any atom is -0.465 e. The summed E-state index contributed by atoms with van der Waals surface area (Å²) in [5.74, 6) is -0.640. The van der Waals surface area contributed by atoms with E-state index in [9.17, 15) is 9.59 Å². The third-order valence-electron chi connectivity index (χ3n) is 4.09. The third kappa shape index (κ3) is 4.76. The van der Waals surface area contributed by atoms with Crippen LogP contribution in [0.4, 0.5) is 11.4 Å². The average Bonchev–Trinajstić information content (AvgIpc) is 2.66. The van der Waals surface area contributed by atoms with Gasteiger partial charge in [-0.05, 0) is 42.2 Å². The Labute approximate surface area is 158 Å². The molecule has 5 nitrogen and oxygen atoms in total. The summed E-state index contributed by atoms with van der Waals surface area (Å²) in [6, 6.07) is 10.8. The first kappa shape index (κ1) is 19.8. The molecule has 0 spiro atoms. The number of carbonyl (C=O) groups excluding carboxylic acids is 2. The van der Waals surface area contributed by atoms with Crippen LogP contribution in [0.3, 0.4) is 0 Å². The third-order valence-corrected chi connectivity index (χ3v) is 4.42. The van der Waals surface area contributed by atoms with Crippen molar-refractivity contribution in [2.45, 2.75) is 26.7 Å². The first-order valence-electron chi connectivity index (χ1n) is 8.52. The highest BCUT2D eigenvalue weighted by atomic mass is 35.5. The largest absolute Gasteiger partial charge is 0.465 e. The topological polar surface area (TPSA) is 67.4 Å². The Bertz CT molecular complexity index is 783. The maximum absolute atomic E-state index is 12.4. The lowest BCUT2D eigenvalue weighted by molar-refractivity contribution is -0.114. The van der Waals surface area contributed by atoms with Crippen LogP contribution in [0.25, 0.3) is 0 Å². The molecule has 0 heterocycles. The molecule has 0 aliphatic rings. The number of methoxy groups -OCH3 is 1. The molecular formula is C20H23ClN2O3. The number of ether oxygens (including phenoxy) is 1. The van der Waals surface area contributed by atoms with E-state index in [4.69, 9.17) is 16.3 Å². The first-order chi connectivity index (χ1) is 12.5. The van der Waals surface area contributed by atoms with Crippen molar-refractivity contribution < 1.29 is 14.3 Å². The van der Waals surface area contributed by atoms with E-state index in [0.29, 0.717) is 16.3 Å². The Morgan fingerprint density at radius 1 is 1.08 bits per heavy atom. The lowest BCUT2D eigenvalue weighted by Gasteiger charge is -2.15. The fraction of sp³-hybridized carbons (Fsp3) is 0.300. The molecule has 0 saturated carbocycles. The maximum Gasteiger partial charge on any atom is 0.337 e. The summed E-state index contributed by atoms with van der Waals surface area (Å²) in [7, 11) is 1.31. The number of aryl methyl sites for hydroxylation is 2. The van der Waals surface area contributed by atoms with Gasteiger partial charge in [0, 0.05) is 5.69 Å².